The van der Waals surface area contributed by atoms with Crippen molar-refractivity contribution in [1.29, 1.82) is 10.5 Å². The Morgan fingerprint density at radius 3 is 1.44 bits per heavy atom. The minimum Gasteiger partial charge on any atom is -0.333 e. The molecule has 5 nitrogen and oxygen atoms in total. The molecule has 1 aliphatic heterocycles. The first-order chi connectivity index (χ1) is 30.1. The number of hydrogen-bond acceptors (Lipinski definition) is 3. The molecule has 0 radical (unpaired) electrons. The van der Waals surface area contributed by atoms with Gasteiger partial charge in [-0.2, -0.15) is 10.5 Å². The Balaban J connectivity index is 1.00. The zero-order chi connectivity index (χ0) is 40.6. The highest BCUT2D eigenvalue weighted by molar-refractivity contribution is 6.12. The molecule has 2 atom stereocenters. The summed E-state index contributed by atoms with van der Waals surface area (Å²) < 4.78 is 4.59. The van der Waals surface area contributed by atoms with Crippen LogP contribution in [-0.4, -0.2) is 15.2 Å². The van der Waals surface area contributed by atoms with E-state index in [9.17, 15) is 10.5 Å². The molecule has 2 unspecified atom stereocenters. The summed E-state index contributed by atoms with van der Waals surface area (Å²) in [5, 5.41) is 24.1. The number of allylic oxidation sites excluding steroid dienone is 2. The van der Waals surface area contributed by atoms with Crippen LogP contribution in [0.3, 0.4) is 0 Å². The quantitative estimate of drug-likeness (QED) is 0.175. The smallest absolute Gasteiger partial charge is 0.0991 e. The van der Waals surface area contributed by atoms with Gasteiger partial charge in [0.1, 0.15) is 0 Å². The van der Waals surface area contributed by atoms with Crippen molar-refractivity contribution in [3.05, 3.63) is 222 Å². The molecule has 8 aromatic carbocycles. The van der Waals surface area contributed by atoms with Crippen molar-refractivity contribution >= 4 is 60.6 Å². The summed E-state index contributed by atoms with van der Waals surface area (Å²) in [4.78, 5) is 2.48. The highest BCUT2D eigenvalue weighted by Crippen LogP contribution is 2.51. The third-order valence-corrected chi connectivity index (χ3v) is 12.7. The molecule has 61 heavy (non-hydrogen) atoms. The number of anilines is 2. The molecule has 0 saturated heterocycles. The van der Waals surface area contributed by atoms with Gasteiger partial charge in [0.2, 0.25) is 0 Å². The van der Waals surface area contributed by atoms with Crippen LogP contribution in [0.4, 0.5) is 11.4 Å². The maximum absolute atomic E-state index is 9.88. The van der Waals surface area contributed by atoms with E-state index in [4.69, 9.17) is 0 Å². The lowest BCUT2D eigenvalue weighted by Gasteiger charge is -2.29. The molecule has 0 bridgehead atoms. The van der Waals surface area contributed by atoms with Crippen LogP contribution in [0.2, 0.25) is 0 Å². The van der Waals surface area contributed by atoms with Gasteiger partial charge in [-0.25, -0.2) is 0 Å². The molecule has 0 N–H and O–H groups in total. The second kappa shape index (κ2) is 13.6. The first-order valence-corrected chi connectivity index (χ1v) is 20.6. The number of benzene rings is 8. The molecular weight excluding hydrogens is 743 g/mol. The second-order valence-corrected chi connectivity index (χ2v) is 16.0. The van der Waals surface area contributed by atoms with Crippen LogP contribution >= 0.6 is 0 Å². The summed E-state index contributed by atoms with van der Waals surface area (Å²) in [5.74, 6) is 0.101. The first-order valence-electron chi connectivity index (χ1n) is 20.6. The third-order valence-electron chi connectivity index (χ3n) is 12.7. The van der Waals surface area contributed by atoms with Gasteiger partial charge in [0.15, 0.2) is 0 Å². The number of nitrogens with zero attached hydrogens (tertiary/aromatic N) is 5. The Hall–Kier alpha value is -8.38. The fourth-order valence-corrected chi connectivity index (χ4v) is 9.92. The number of para-hydroxylation sites is 3. The van der Waals surface area contributed by atoms with E-state index in [0.717, 1.165) is 77.4 Å². The van der Waals surface area contributed by atoms with Crippen molar-refractivity contribution in [2.45, 2.75) is 12.0 Å². The molecule has 0 spiro atoms. The molecule has 12 rings (SSSR count). The Bertz CT molecular complexity index is 3560. The number of rotatable bonds is 5. The van der Waals surface area contributed by atoms with Gasteiger partial charge in [0.05, 0.1) is 51.4 Å². The molecular formula is C56H35N5. The summed E-state index contributed by atoms with van der Waals surface area (Å²) >= 11 is 0. The molecule has 3 heterocycles. The number of fused-ring (bicyclic) bond motifs is 9. The first kappa shape index (κ1) is 34.6. The number of hydrogen-bond donors (Lipinski definition) is 0. The summed E-state index contributed by atoms with van der Waals surface area (Å²) in [5.41, 5.74) is 16.1. The van der Waals surface area contributed by atoms with Gasteiger partial charge in [-0.3, -0.25) is 0 Å². The Morgan fingerprint density at radius 1 is 0.426 bits per heavy atom. The molecule has 0 fully saturated rings. The van der Waals surface area contributed by atoms with E-state index in [0.29, 0.717) is 11.1 Å². The fourth-order valence-electron chi connectivity index (χ4n) is 9.92. The van der Waals surface area contributed by atoms with Crippen LogP contribution in [-0.2, 0) is 0 Å². The Morgan fingerprint density at radius 2 is 0.885 bits per heavy atom. The molecule has 0 amide bonds. The number of nitriles is 2. The van der Waals surface area contributed by atoms with Crippen molar-refractivity contribution in [3.63, 3.8) is 0 Å². The van der Waals surface area contributed by atoms with Gasteiger partial charge in [-0.05, 0) is 137 Å². The van der Waals surface area contributed by atoms with Crippen LogP contribution in [0.15, 0.2) is 200 Å². The van der Waals surface area contributed by atoms with Crippen LogP contribution < -0.4 is 4.90 Å². The van der Waals surface area contributed by atoms with Crippen molar-refractivity contribution < 1.29 is 0 Å². The lowest BCUT2D eigenvalue weighted by atomic mass is 9.85. The monoisotopic (exact) mass is 777 g/mol. The van der Waals surface area contributed by atoms with Gasteiger partial charge in [0.25, 0.3) is 0 Å². The Labute approximate surface area is 352 Å². The predicted octanol–water partition coefficient (Wildman–Crippen LogP) is 13.5. The lowest BCUT2D eigenvalue weighted by molar-refractivity contribution is 0.747. The topological polar surface area (TPSA) is 60.7 Å². The Kier molecular flexibility index (Phi) is 7.72. The second-order valence-electron chi connectivity index (χ2n) is 16.0. The molecule has 10 aromatic rings. The van der Waals surface area contributed by atoms with Crippen molar-refractivity contribution in [3.8, 4) is 34.6 Å². The van der Waals surface area contributed by atoms with Gasteiger partial charge in [-0.1, -0.05) is 91.0 Å². The summed E-state index contributed by atoms with van der Waals surface area (Å²) in [6, 6.07) is 68.8. The van der Waals surface area contributed by atoms with Crippen molar-refractivity contribution in [1.82, 2.24) is 9.13 Å². The van der Waals surface area contributed by atoms with Gasteiger partial charge in [-0.15, -0.1) is 0 Å². The molecule has 5 heteroatoms. The maximum atomic E-state index is 9.88. The van der Waals surface area contributed by atoms with Crippen LogP contribution in [0, 0.1) is 22.7 Å². The van der Waals surface area contributed by atoms with Crippen LogP contribution in [0.25, 0.3) is 71.7 Å². The van der Waals surface area contributed by atoms with Crippen LogP contribution in [0.1, 0.15) is 28.2 Å². The lowest BCUT2D eigenvalue weighted by Crippen LogP contribution is -2.28. The van der Waals surface area contributed by atoms with E-state index in [1.807, 2.05) is 36.4 Å². The summed E-state index contributed by atoms with van der Waals surface area (Å²) in [6.45, 7) is 0. The van der Waals surface area contributed by atoms with E-state index in [1.165, 1.54) is 16.8 Å². The van der Waals surface area contributed by atoms with Gasteiger partial charge in [0, 0.05) is 50.2 Å². The van der Waals surface area contributed by atoms with E-state index < -0.39 is 0 Å². The fraction of sp³-hybridized carbons (Fsp3) is 0.0357. The van der Waals surface area contributed by atoms with Crippen LogP contribution in [0.5, 0.6) is 0 Å². The largest absolute Gasteiger partial charge is 0.333 e. The number of aromatic nitrogens is 2. The normalized spacial score (nSPS) is 15.5. The molecule has 284 valence electrons. The average Bonchev–Trinajstić information content (AvgIpc) is 3.96. The SMILES string of the molecule is N#Cc1ccc2c(c1)c1cc(C3=CC4c5cc(-c6ccc7c(c6)c6cc(C#N)ccc6n7-c6ccccc6)ccc5N(c5ccccc5)C4C=C3)ccc1n2-c1ccccc1. The van der Waals surface area contributed by atoms with E-state index in [1.54, 1.807) is 0 Å². The minimum absolute atomic E-state index is 0.101. The molecule has 1 aliphatic carbocycles. The molecule has 2 aliphatic rings. The molecule has 2 aromatic heterocycles. The zero-order valence-electron chi connectivity index (χ0n) is 32.9. The standard InChI is InChI=1S/C56H35N5/c57-34-36-16-22-51-45(28-36)47-30-38(18-24-53(47)59(51)42-10-4-1-5-11-42)40-20-26-55-49(32-40)50-33-41(21-27-56(50)61(55)44-14-8-3-9-15-44)39-19-25-54-48(31-39)46-29-37(35-58)17-23-52(46)60(54)43-12-6-2-7-13-43/h1-33,49,55H. The zero-order valence-corrected chi connectivity index (χ0v) is 32.9. The van der Waals surface area contributed by atoms with Crippen molar-refractivity contribution in [2.75, 3.05) is 4.90 Å². The summed E-state index contributed by atoms with van der Waals surface area (Å²) in [7, 11) is 0. The van der Waals surface area contributed by atoms with Gasteiger partial charge < -0.3 is 14.0 Å². The minimum atomic E-state index is 0.101. The third kappa shape index (κ3) is 5.39. The predicted molar refractivity (Wildman–Crippen MR) is 249 cm³/mol. The average molecular weight is 778 g/mol. The van der Waals surface area contributed by atoms with E-state index >= 15 is 0 Å². The van der Waals surface area contributed by atoms with E-state index in [-0.39, 0.29) is 12.0 Å². The van der Waals surface area contributed by atoms with Crippen molar-refractivity contribution in [2.24, 2.45) is 0 Å². The molecule has 0 saturated carbocycles. The highest BCUT2D eigenvalue weighted by Gasteiger charge is 2.38. The van der Waals surface area contributed by atoms with E-state index in [2.05, 4.69) is 190 Å². The maximum Gasteiger partial charge on any atom is 0.0991 e. The van der Waals surface area contributed by atoms with Gasteiger partial charge >= 0.3 is 0 Å². The highest BCUT2D eigenvalue weighted by atomic mass is 15.2. The summed E-state index contributed by atoms with van der Waals surface area (Å²) in [6.07, 6.45) is 7.11.